The molecule has 12 nitrogen and oxygen atoms in total. The molecule has 2 N–H and O–H groups in total. The van der Waals surface area contributed by atoms with Gasteiger partial charge in [-0.1, -0.05) is 42.3 Å². The van der Waals surface area contributed by atoms with Gasteiger partial charge in [0.1, 0.15) is 40.7 Å². The Morgan fingerprint density at radius 3 is 2.59 bits per heavy atom. The number of rotatable bonds is 5. The van der Waals surface area contributed by atoms with Crippen LogP contribution < -0.4 is 15.0 Å². The van der Waals surface area contributed by atoms with Crippen molar-refractivity contribution in [2.45, 2.75) is 88.7 Å². The summed E-state index contributed by atoms with van der Waals surface area (Å²) >= 11 is 6.71. The number of nitrogens with one attached hydrogen (secondary N) is 1. The fourth-order valence-corrected chi connectivity index (χ4v) is 6.37. The molecule has 3 aliphatic heterocycles. The Hall–Kier alpha value is -3.16. The van der Waals surface area contributed by atoms with Gasteiger partial charge in [-0.05, 0) is 59.0 Å². The van der Waals surface area contributed by atoms with Crippen LogP contribution >= 0.6 is 11.6 Å². The molecule has 0 radical (unpaired) electrons. The first-order chi connectivity index (χ1) is 21.5. The Morgan fingerprint density at radius 2 is 1.96 bits per heavy atom. The lowest BCUT2D eigenvalue weighted by atomic mass is 9.83. The van der Waals surface area contributed by atoms with Crippen LogP contribution in [0.25, 0.3) is 0 Å². The number of amides is 2. The number of fused-ring (bicyclic) bond motifs is 5. The van der Waals surface area contributed by atoms with E-state index in [1.807, 2.05) is 32.1 Å². The second-order valence-electron chi connectivity index (χ2n) is 12.9. The van der Waals surface area contributed by atoms with Gasteiger partial charge in [-0.2, -0.15) is 0 Å². The van der Waals surface area contributed by atoms with Crippen molar-refractivity contribution in [3.63, 3.8) is 0 Å². The minimum atomic E-state index is -1.78. The fraction of sp³-hybridized carbons (Fsp3) is 0.606. The molecule has 0 saturated carbocycles. The molecule has 4 rings (SSSR count). The molecule has 3 aliphatic rings. The number of carbonyl (C=O) groups is 3. The van der Waals surface area contributed by atoms with Crippen LogP contribution in [-0.4, -0.2) is 105 Å². The number of aliphatic hydroxyl groups is 1. The molecule has 46 heavy (non-hydrogen) atoms. The predicted molar refractivity (Wildman–Crippen MR) is 172 cm³/mol. The molecule has 254 valence electrons. The lowest BCUT2D eigenvalue weighted by molar-refractivity contribution is -0.158. The van der Waals surface area contributed by atoms with E-state index in [1.165, 1.54) is 19.1 Å². The summed E-state index contributed by atoms with van der Waals surface area (Å²) < 4.78 is 29.0. The van der Waals surface area contributed by atoms with E-state index in [4.69, 9.17) is 35.3 Å². The first-order valence-electron chi connectivity index (χ1n) is 15.3. The number of hydrogen-bond donors (Lipinski definition) is 2. The molecule has 13 heteroatoms. The van der Waals surface area contributed by atoms with Gasteiger partial charge in [0.05, 0.1) is 25.3 Å². The monoisotopic (exact) mass is 663 g/mol. The highest BCUT2D eigenvalue weighted by atomic mass is 35.5. The minimum Gasteiger partial charge on any atom is -0.495 e. The van der Waals surface area contributed by atoms with E-state index in [0.717, 1.165) is 11.1 Å². The van der Waals surface area contributed by atoms with Gasteiger partial charge in [-0.25, -0.2) is 4.79 Å². The van der Waals surface area contributed by atoms with E-state index in [1.54, 1.807) is 52.0 Å². The van der Waals surface area contributed by atoms with Crippen molar-refractivity contribution in [2.24, 2.45) is 5.92 Å². The highest BCUT2D eigenvalue weighted by Crippen LogP contribution is 2.49. The molecule has 1 aromatic carbocycles. The maximum atomic E-state index is 13.9. The summed E-state index contributed by atoms with van der Waals surface area (Å²) in [6, 6.07) is 3.04. The van der Waals surface area contributed by atoms with E-state index in [2.05, 4.69) is 5.32 Å². The van der Waals surface area contributed by atoms with Crippen molar-refractivity contribution in [1.82, 2.24) is 10.2 Å². The summed E-state index contributed by atoms with van der Waals surface area (Å²) in [6.45, 7) is 7.25. The summed E-state index contributed by atoms with van der Waals surface area (Å²) in [5.41, 5.74) is -0.642. The molecular formula is C33H46ClN3O9. The van der Waals surface area contributed by atoms with Crippen LogP contribution in [0, 0.1) is 5.92 Å². The first-order valence-corrected chi connectivity index (χ1v) is 15.7. The summed E-state index contributed by atoms with van der Waals surface area (Å²) in [7, 11) is 8.07. The Balaban J connectivity index is 1.80. The molecule has 0 aromatic heterocycles. The number of alkyl carbamates (subject to hydrolysis) is 1. The van der Waals surface area contributed by atoms with Crippen molar-refractivity contribution in [3.8, 4) is 5.75 Å². The number of esters is 1. The lowest BCUT2D eigenvalue weighted by Gasteiger charge is -2.42. The van der Waals surface area contributed by atoms with E-state index < -0.39 is 59.8 Å². The van der Waals surface area contributed by atoms with Crippen molar-refractivity contribution < 1.29 is 43.2 Å². The van der Waals surface area contributed by atoms with Gasteiger partial charge in [0, 0.05) is 26.5 Å². The van der Waals surface area contributed by atoms with Gasteiger partial charge in [0.25, 0.3) is 0 Å². The summed E-state index contributed by atoms with van der Waals surface area (Å²) in [5.74, 6) is -0.933. The average Bonchev–Trinajstić information content (AvgIpc) is 3.69. The van der Waals surface area contributed by atoms with Crippen molar-refractivity contribution in [2.75, 3.05) is 40.3 Å². The molecule has 0 spiro atoms. The van der Waals surface area contributed by atoms with Gasteiger partial charge >= 0.3 is 12.1 Å². The molecular weight excluding hydrogens is 618 g/mol. The molecule has 1 unspecified atom stereocenters. The third-order valence-electron chi connectivity index (χ3n) is 9.32. The van der Waals surface area contributed by atoms with Gasteiger partial charge in [0.2, 0.25) is 5.91 Å². The quantitative estimate of drug-likeness (QED) is 0.355. The van der Waals surface area contributed by atoms with Crippen LogP contribution in [0.2, 0.25) is 5.02 Å². The maximum Gasteiger partial charge on any atom is 0.409 e. The number of halogens is 1. The Morgan fingerprint density at radius 1 is 1.26 bits per heavy atom. The van der Waals surface area contributed by atoms with Crippen LogP contribution in [-0.2, 0) is 35.0 Å². The SMILES string of the molecule is COc1cc2cc(c1Cl)N(C)C(=O)C[C@H](OC(=O)[C@H](C)N(C)C)[C@]1(C)O[C@@H]1[C@H](C)C1C[C@@](O)(NC(=O)O1)[C@H](OC)/C=C/C=C(\C)C2. The van der Waals surface area contributed by atoms with E-state index in [0.29, 0.717) is 17.9 Å². The standard InChI is InChI=1S/C33H46ClN3O9/c1-18-11-10-12-25(43-9)33(41)17-24(44-31(40)35-33)19(2)29-32(4,46-29)26(45-30(39)20(3)36(5)6)16-27(38)37(7)22-14-21(13-18)15-23(42-8)28(22)34/h10-12,14-15,19-20,24-26,29,41H,13,16-17H2,1-9H3,(H,35,40)/b12-10+,18-11+/t19-,20+,24?,25-,26+,29-,32+,33+/m1/s1. The van der Waals surface area contributed by atoms with Crippen LogP contribution in [0.3, 0.4) is 0 Å². The Bertz CT molecular complexity index is 1400. The van der Waals surface area contributed by atoms with Crippen molar-refractivity contribution >= 4 is 35.3 Å². The zero-order valence-electron chi connectivity index (χ0n) is 28.0. The van der Waals surface area contributed by atoms with Gasteiger partial charge in [-0.15, -0.1) is 0 Å². The molecule has 2 fully saturated rings. The molecule has 2 saturated heterocycles. The fourth-order valence-electron chi connectivity index (χ4n) is 6.05. The van der Waals surface area contributed by atoms with E-state index in [-0.39, 0.29) is 23.8 Å². The first kappa shape index (κ1) is 35.7. The predicted octanol–water partition coefficient (Wildman–Crippen LogP) is 3.62. The number of anilines is 1. The minimum absolute atomic E-state index is 0.00466. The number of benzene rings is 1. The third kappa shape index (κ3) is 7.36. The summed E-state index contributed by atoms with van der Waals surface area (Å²) in [4.78, 5) is 43.0. The van der Waals surface area contributed by atoms with Crippen LogP contribution in [0.1, 0.15) is 46.1 Å². The number of likely N-dealkylation sites (N-methyl/N-ethyl adjacent to an activating group) is 1. The number of hydrogen-bond acceptors (Lipinski definition) is 10. The smallest absolute Gasteiger partial charge is 0.409 e. The number of carbonyl (C=O) groups excluding carboxylic acids is 3. The topological polar surface area (TPSA) is 139 Å². The number of allylic oxidation sites excluding steroid dienone is 3. The number of epoxide rings is 1. The third-order valence-corrected chi connectivity index (χ3v) is 9.70. The molecule has 2 amide bonds. The molecule has 0 aliphatic carbocycles. The van der Waals surface area contributed by atoms with Crippen molar-refractivity contribution in [3.05, 3.63) is 46.5 Å². The van der Waals surface area contributed by atoms with Crippen LogP contribution in [0.5, 0.6) is 5.75 Å². The Labute approximate surface area is 275 Å². The van der Waals surface area contributed by atoms with Crippen molar-refractivity contribution in [1.29, 1.82) is 0 Å². The second-order valence-corrected chi connectivity index (χ2v) is 13.2. The zero-order chi connectivity index (χ0) is 34.1. The van der Waals surface area contributed by atoms with Crippen LogP contribution in [0.15, 0.2) is 35.9 Å². The number of methoxy groups -OCH3 is 2. The maximum absolute atomic E-state index is 13.9. The molecule has 8 atom stereocenters. The molecule has 1 aromatic rings. The number of nitrogens with zero attached hydrogens (tertiary/aromatic N) is 2. The molecule has 3 heterocycles. The van der Waals surface area contributed by atoms with E-state index in [9.17, 15) is 19.5 Å². The molecule has 4 bridgehead atoms. The largest absolute Gasteiger partial charge is 0.495 e. The second kappa shape index (κ2) is 13.9. The highest BCUT2D eigenvalue weighted by molar-refractivity contribution is 6.35. The summed E-state index contributed by atoms with van der Waals surface area (Å²) in [5, 5.41) is 14.4. The zero-order valence-corrected chi connectivity index (χ0v) is 28.7. The van der Waals surface area contributed by atoms with Crippen LogP contribution in [0.4, 0.5) is 10.5 Å². The lowest BCUT2D eigenvalue weighted by Crippen LogP contribution is -2.63. The number of ether oxygens (including phenoxy) is 5. The van der Waals surface area contributed by atoms with Gasteiger partial charge in [-0.3, -0.25) is 19.8 Å². The average molecular weight is 664 g/mol. The highest BCUT2D eigenvalue weighted by Gasteiger charge is 2.64. The van der Waals surface area contributed by atoms with Gasteiger partial charge < -0.3 is 33.7 Å². The summed E-state index contributed by atoms with van der Waals surface area (Å²) in [6.07, 6.45) is 1.53. The van der Waals surface area contributed by atoms with E-state index >= 15 is 0 Å². The van der Waals surface area contributed by atoms with Gasteiger partial charge in [0.15, 0.2) is 5.72 Å². The Kier molecular flexibility index (Phi) is 10.8. The normalized spacial score (nSPS) is 34.4.